The second-order valence-corrected chi connectivity index (χ2v) is 5.38. The van der Waals surface area contributed by atoms with E-state index >= 15 is 0 Å². The molecule has 2 amide bonds. The molecule has 0 saturated carbocycles. The zero-order chi connectivity index (χ0) is 19.0. The van der Waals surface area contributed by atoms with E-state index in [0.29, 0.717) is 0 Å². The lowest BCUT2D eigenvalue weighted by Crippen LogP contribution is -2.37. The first-order valence-electron chi connectivity index (χ1n) is 7.89. The van der Waals surface area contributed by atoms with Gasteiger partial charge in [-0.15, -0.1) is 13.2 Å². The van der Waals surface area contributed by atoms with Crippen molar-refractivity contribution in [3.8, 4) is 11.5 Å². The van der Waals surface area contributed by atoms with Crippen molar-refractivity contribution in [3.05, 3.63) is 59.7 Å². The zero-order valence-corrected chi connectivity index (χ0v) is 14.1. The third kappa shape index (κ3) is 6.54. The van der Waals surface area contributed by atoms with Crippen LogP contribution in [0.1, 0.15) is 11.1 Å². The first-order valence-corrected chi connectivity index (χ1v) is 7.89. The number of aryl methyl sites for hydroxylation is 1. The lowest BCUT2D eigenvalue weighted by atomic mass is 10.2. The van der Waals surface area contributed by atoms with Crippen LogP contribution in [0.25, 0.3) is 0 Å². The zero-order valence-electron chi connectivity index (χ0n) is 14.1. The van der Waals surface area contributed by atoms with Crippen LogP contribution in [0.3, 0.4) is 0 Å². The molecule has 140 valence electrons. The van der Waals surface area contributed by atoms with Crippen LogP contribution in [-0.2, 0) is 6.54 Å². The Bertz CT molecular complexity index is 736. The fourth-order valence-electron chi connectivity index (χ4n) is 2.16. The van der Waals surface area contributed by atoms with Crippen LogP contribution in [0.15, 0.2) is 48.5 Å². The van der Waals surface area contributed by atoms with E-state index in [-0.39, 0.29) is 31.0 Å². The maximum atomic E-state index is 12.4. The van der Waals surface area contributed by atoms with Gasteiger partial charge >= 0.3 is 12.4 Å². The lowest BCUT2D eigenvalue weighted by Gasteiger charge is -2.14. The van der Waals surface area contributed by atoms with Crippen molar-refractivity contribution in [1.82, 2.24) is 10.6 Å². The van der Waals surface area contributed by atoms with Gasteiger partial charge in [0.1, 0.15) is 18.1 Å². The van der Waals surface area contributed by atoms with Gasteiger partial charge in [-0.05, 0) is 24.6 Å². The van der Waals surface area contributed by atoms with Gasteiger partial charge in [0, 0.05) is 12.1 Å². The molecule has 0 aliphatic carbocycles. The van der Waals surface area contributed by atoms with E-state index in [4.69, 9.17) is 4.74 Å². The molecule has 8 heteroatoms. The summed E-state index contributed by atoms with van der Waals surface area (Å²) in [6.07, 6.45) is -4.79. The smallest absolute Gasteiger partial charge is 0.491 e. The van der Waals surface area contributed by atoms with Crippen molar-refractivity contribution in [2.45, 2.75) is 19.8 Å². The van der Waals surface area contributed by atoms with Gasteiger partial charge in [-0.2, -0.15) is 0 Å². The minimum atomic E-state index is -4.79. The molecule has 2 aromatic rings. The van der Waals surface area contributed by atoms with Crippen LogP contribution in [0, 0.1) is 6.92 Å². The summed E-state index contributed by atoms with van der Waals surface area (Å²) in [6, 6.07) is 12.6. The highest BCUT2D eigenvalue weighted by molar-refractivity contribution is 5.73. The van der Waals surface area contributed by atoms with Crippen LogP contribution in [-0.4, -0.2) is 25.5 Å². The third-order valence-electron chi connectivity index (χ3n) is 3.38. The standard InChI is InChI=1S/C18H19F3N2O3/c1-13-6-2-4-8-15(13)25-11-10-22-17(24)23-12-14-7-3-5-9-16(14)26-18(19,20)21/h2-9H,10-12H2,1H3,(H2,22,23,24). The number of amides is 2. The van der Waals surface area contributed by atoms with Crippen LogP contribution >= 0.6 is 0 Å². The number of carbonyl (C=O) groups excluding carboxylic acids is 1. The summed E-state index contributed by atoms with van der Waals surface area (Å²) >= 11 is 0. The Morgan fingerprint density at radius 3 is 2.35 bits per heavy atom. The quantitative estimate of drug-likeness (QED) is 0.732. The minimum absolute atomic E-state index is 0.100. The number of ether oxygens (including phenoxy) is 2. The first-order chi connectivity index (χ1) is 12.3. The first kappa shape index (κ1) is 19.4. The number of urea groups is 1. The fraction of sp³-hybridized carbons (Fsp3) is 0.278. The monoisotopic (exact) mass is 368 g/mol. The van der Waals surface area contributed by atoms with Crippen molar-refractivity contribution in [1.29, 1.82) is 0 Å². The van der Waals surface area contributed by atoms with Gasteiger partial charge in [0.15, 0.2) is 0 Å². The Hall–Kier alpha value is -2.90. The number of nitrogens with one attached hydrogen (secondary N) is 2. The van der Waals surface area contributed by atoms with Gasteiger partial charge < -0.3 is 20.1 Å². The van der Waals surface area contributed by atoms with Crippen molar-refractivity contribution >= 4 is 6.03 Å². The number of carbonyl (C=O) groups is 1. The molecule has 2 rings (SSSR count). The molecule has 0 heterocycles. The maximum Gasteiger partial charge on any atom is 0.573 e. The lowest BCUT2D eigenvalue weighted by molar-refractivity contribution is -0.274. The number of para-hydroxylation sites is 2. The Balaban J connectivity index is 1.75. The second kappa shape index (κ2) is 8.98. The summed E-state index contributed by atoms with van der Waals surface area (Å²) in [5.74, 6) is 0.385. The van der Waals surface area contributed by atoms with Gasteiger partial charge in [0.25, 0.3) is 0 Å². The molecular weight excluding hydrogens is 349 g/mol. The van der Waals surface area contributed by atoms with Gasteiger partial charge in [0.05, 0.1) is 6.54 Å². The van der Waals surface area contributed by atoms with E-state index < -0.39 is 12.4 Å². The normalized spacial score (nSPS) is 10.9. The van der Waals surface area contributed by atoms with E-state index in [9.17, 15) is 18.0 Å². The van der Waals surface area contributed by atoms with E-state index in [2.05, 4.69) is 15.4 Å². The Morgan fingerprint density at radius 2 is 1.65 bits per heavy atom. The second-order valence-electron chi connectivity index (χ2n) is 5.38. The Morgan fingerprint density at radius 1 is 1.00 bits per heavy atom. The average Bonchev–Trinajstić information content (AvgIpc) is 2.58. The van der Waals surface area contributed by atoms with Gasteiger partial charge in [-0.25, -0.2) is 4.79 Å². The molecule has 0 unspecified atom stereocenters. The SMILES string of the molecule is Cc1ccccc1OCCNC(=O)NCc1ccccc1OC(F)(F)F. The largest absolute Gasteiger partial charge is 0.573 e. The summed E-state index contributed by atoms with van der Waals surface area (Å²) in [5.41, 5.74) is 1.20. The molecule has 0 atom stereocenters. The highest BCUT2D eigenvalue weighted by Gasteiger charge is 2.31. The van der Waals surface area contributed by atoms with Crippen molar-refractivity contribution in [2.75, 3.05) is 13.2 Å². The highest BCUT2D eigenvalue weighted by atomic mass is 19.4. The topological polar surface area (TPSA) is 59.6 Å². The molecule has 0 fully saturated rings. The van der Waals surface area contributed by atoms with Crippen LogP contribution in [0.2, 0.25) is 0 Å². The third-order valence-corrected chi connectivity index (χ3v) is 3.38. The molecule has 0 aliphatic heterocycles. The Labute approximate surface area is 149 Å². The molecule has 26 heavy (non-hydrogen) atoms. The summed E-state index contributed by atoms with van der Waals surface area (Å²) in [4.78, 5) is 11.8. The van der Waals surface area contributed by atoms with E-state index in [0.717, 1.165) is 11.3 Å². The molecule has 2 N–H and O–H groups in total. The summed E-state index contributed by atoms with van der Waals surface area (Å²) < 4.78 is 46.5. The van der Waals surface area contributed by atoms with Crippen molar-refractivity contribution in [2.24, 2.45) is 0 Å². The molecule has 0 spiro atoms. The van der Waals surface area contributed by atoms with Gasteiger partial charge in [-0.1, -0.05) is 36.4 Å². The molecule has 0 aromatic heterocycles. The molecule has 0 radical (unpaired) electrons. The summed E-state index contributed by atoms with van der Waals surface area (Å²) in [5, 5.41) is 5.05. The predicted octanol–water partition coefficient (Wildman–Crippen LogP) is 3.77. The Kier molecular flexibility index (Phi) is 6.71. The number of hydrogen-bond acceptors (Lipinski definition) is 3. The molecular formula is C18H19F3N2O3. The number of hydrogen-bond donors (Lipinski definition) is 2. The van der Waals surface area contributed by atoms with Gasteiger partial charge in [0.2, 0.25) is 0 Å². The van der Waals surface area contributed by atoms with Crippen LogP contribution in [0.5, 0.6) is 11.5 Å². The minimum Gasteiger partial charge on any atom is -0.491 e. The number of rotatable bonds is 7. The van der Waals surface area contributed by atoms with E-state index in [1.807, 2.05) is 31.2 Å². The number of benzene rings is 2. The van der Waals surface area contributed by atoms with Crippen molar-refractivity contribution < 1.29 is 27.4 Å². The number of alkyl halides is 3. The average molecular weight is 368 g/mol. The van der Waals surface area contributed by atoms with E-state index in [1.165, 1.54) is 18.2 Å². The molecule has 0 bridgehead atoms. The van der Waals surface area contributed by atoms with Crippen LogP contribution in [0.4, 0.5) is 18.0 Å². The molecule has 5 nitrogen and oxygen atoms in total. The summed E-state index contributed by atoms with van der Waals surface area (Å²) in [7, 11) is 0. The predicted molar refractivity (Wildman–Crippen MR) is 90.0 cm³/mol. The molecule has 0 aliphatic rings. The summed E-state index contributed by atoms with van der Waals surface area (Å²) in [6.45, 7) is 2.33. The number of halogens is 3. The maximum absolute atomic E-state index is 12.4. The molecule has 2 aromatic carbocycles. The highest BCUT2D eigenvalue weighted by Crippen LogP contribution is 2.26. The van der Waals surface area contributed by atoms with E-state index in [1.54, 1.807) is 6.07 Å². The van der Waals surface area contributed by atoms with Gasteiger partial charge in [-0.3, -0.25) is 0 Å². The van der Waals surface area contributed by atoms with Crippen LogP contribution < -0.4 is 20.1 Å². The fourth-order valence-corrected chi connectivity index (χ4v) is 2.16. The molecule has 0 saturated heterocycles. The van der Waals surface area contributed by atoms with Crippen molar-refractivity contribution in [3.63, 3.8) is 0 Å².